The Kier molecular flexibility index (Phi) is 3.73. The van der Waals surface area contributed by atoms with Gasteiger partial charge in [-0.05, 0) is 44.0 Å². The van der Waals surface area contributed by atoms with Crippen molar-refractivity contribution < 1.29 is 0 Å². The molecule has 1 aliphatic rings. The number of nitrogens with zero attached hydrogens (tertiary/aromatic N) is 2. The molecule has 1 aromatic heterocycles. The predicted octanol–water partition coefficient (Wildman–Crippen LogP) is 3.02. The highest BCUT2D eigenvalue weighted by atomic mass is 15.2. The number of hydrogen-bond donors (Lipinski definition) is 0. The van der Waals surface area contributed by atoms with Gasteiger partial charge in [0.2, 0.25) is 0 Å². The molecular formula is C13H20N2. The minimum absolute atomic E-state index is 0.618. The van der Waals surface area contributed by atoms with Crippen molar-refractivity contribution in [1.29, 1.82) is 0 Å². The van der Waals surface area contributed by atoms with E-state index in [1.807, 2.05) is 18.5 Å². The van der Waals surface area contributed by atoms with E-state index in [1.165, 1.54) is 44.3 Å². The molecule has 15 heavy (non-hydrogen) atoms. The third-order valence-corrected chi connectivity index (χ3v) is 3.19. The summed E-state index contributed by atoms with van der Waals surface area (Å²) in [4.78, 5) is 6.84. The highest BCUT2D eigenvalue weighted by Gasteiger charge is 2.22. The van der Waals surface area contributed by atoms with Gasteiger partial charge < -0.3 is 0 Å². The van der Waals surface area contributed by atoms with Crippen LogP contribution in [0.15, 0.2) is 24.5 Å². The standard InChI is InChI=1S/C13H20N2/c1-2-9-15-10-4-3-7-13(15)12-6-5-8-14-11-12/h5-6,8,11,13H,2-4,7,9-10H2,1H3/t13-/m0/s1. The summed E-state index contributed by atoms with van der Waals surface area (Å²) in [5.74, 6) is 0. The number of rotatable bonds is 3. The van der Waals surface area contributed by atoms with Gasteiger partial charge in [-0.1, -0.05) is 19.4 Å². The van der Waals surface area contributed by atoms with E-state index in [0.717, 1.165) is 0 Å². The topological polar surface area (TPSA) is 16.1 Å². The van der Waals surface area contributed by atoms with Crippen LogP contribution in [0.25, 0.3) is 0 Å². The van der Waals surface area contributed by atoms with Gasteiger partial charge in [-0.25, -0.2) is 0 Å². The lowest BCUT2D eigenvalue weighted by Gasteiger charge is -2.35. The largest absolute Gasteiger partial charge is 0.296 e. The molecule has 1 atom stereocenters. The van der Waals surface area contributed by atoms with Crippen molar-refractivity contribution in [1.82, 2.24) is 9.88 Å². The molecule has 0 amide bonds. The Morgan fingerprint density at radius 3 is 3.13 bits per heavy atom. The van der Waals surface area contributed by atoms with Crippen molar-refractivity contribution in [3.8, 4) is 0 Å². The second kappa shape index (κ2) is 5.26. The Hall–Kier alpha value is -0.890. The van der Waals surface area contributed by atoms with Crippen molar-refractivity contribution in [3.05, 3.63) is 30.1 Å². The Bertz CT molecular complexity index is 282. The quantitative estimate of drug-likeness (QED) is 0.752. The van der Waals surface area contributed by atoms with E-state index in [-0.39, 0.29) is 0 Å². The average molecular weight is 204 g/mol. The maximum absolute atomic E-state index is 4.23. The van der Waals surface area contributed by atoms with E-state index in [2.05, 4.69) is 22.9 Å². The van der Waals surface area contributed by atoms with Crippen molar-refractivity contribution in [3.63, 3.8) is 0 Å². The molecule has 1 saturated heterocycles. The van der Waals surface area contributed by atoms with Crippen molar-refractivity contribution in [2.45, 2.75) is 38.6 Å². The van der Waals surface area contributed by atoms with E-state index in [1.54, 1.807) is 0 Å². The highest BCUT2D eigenvalue weighted by molar-refractivity contribution is 5.14. The summed E-state index contributed by atoms with van der Waals surface area (Å²) >= 11 is 0. The molecule has 0 N–H and O–H groups in total. The zero-order valence-corrected chi connectivity index (χ0v) is 9.52. The minimum Gasteiger partial charge on any atom is -0.296 e. The van der Waals surface area contributed by atoms with E-state index < -0.39 is 0 Å². The summed E-state index contributed by atoms with van der Waals surface area (Å²) in [6, 6.07) is 4.88. The van der Waals surface area contributed by atoms with Crippen molar-refractivity contribution in [2.75, 3.05) is 13.1 Å². The van der Waals surface area contributed by atoms with Gasteiger partial charge in [-0.15, -0.1) is 0 Å². The van der Waals surface area contributed by atoms with Crippen LogP contribution in [0.1, 0.15) is 44.2 Å². The third kappa shape index (κ3) is 2.57. The molecule has 2 nitrogen and oxygen atoms in total. The first-order valence-corrected chi connectivity index (χ1v) is 6.06. The highest BCUT2D eigenvalue weighted by Crippen LogP contribution is 2.30. The van der Waals surface area contributed by atoms with E-state index in [0.29, 0.717) is 6.04 Å². The fourth-order valence-electron chi connectivity index (χ4n) is 2.50. The normalized spacial score (nSPS) is 22.9. The monoisotopic (exact) mass is 204 g/mol. The van der Waals surface area contributed by atoms with Crippen LogP contribution in [-0.4, -0.2) is 23.0 Å². The molecule has 0 aliphatic carbocycles. The Morgan fingerprint density at radius 1 is 1.47 bits per heavy atom. The van der Waals surface area contributed by atoms with Crippen LogP contribution < -0.4 is 0 Å². The van der Waals surface area contributed by atoms with E-state index in [9.17, 15) is 0 Å². The number of aromatic nitrogens is 1. The SMILES string of the molecule is CCCN1CCCC[C@H]1c1cccnc1. The fourth-order valence-corrected chi connectivity index (χ4v) is 2.50. The lowest BCUT2D eigenvalue weighted by molar-refractivity contribution is 0.149. The Labute approximate surface area is 92.3 Å². The molecule has 0 spiro atoms. The van der Waals surface area contributed by atoms with Crippen LogP contribution >= 0.6 is 0 Å². The lowest BCUT2D eigenvalue weighted by Crippen LogP contribution is -2.33. The van der Waals surface area contributed by atoms with E-state index in [4.69, 9.17) is 0 Å². The molecule has 2 heteroatoms. The van der Waals surface area contributed by atoms with Crippen LogP contribution in [0.3, 0.4) is 0 Å². The van der Waals surface area contributed by atoms with Crippen LogP contribution in [0.2, 0.25) is 0 Å². The predicted molar refractivity (Wildman–Crippen MR) is 62.7 cm³/mol. The maximum atomic E-state index is 4.23. The molecule has 82 valence electrons. The summed E-state index contributed by atoms with van der Waals surface area (Å²) in [5, 5.41) is 0. The number of likely N-dealkylation sites (tertiary alicyclic amines) is 1. The zero-order chi connectivity index (χ0) is 10.5. The van der Waals surface area contributed by atoms with Gasteiger partial charge in [-0.3, -0.25) is 9.88 Å². The summed E-state index contributed by atoms with van der Waals surface area (Å²) in [5.41, 5.74) is 1.39. The van der Waals surface area contributed by atoms with Crippen molar-refractivity contribution >= 4 is 0 Å². The van der Waals surface area contributed by atoms with Crippen LogP contribution in [0.5, 0.6) is 0 Å². The van der Waals surface area contributed by atoms with Gasteiger partial charge in [0.1, 0.15) is 0 Å². The van der Waals surface area contributed by atoms with Gasteiger partial charge in [-0.2, -0.15) is 0 Å². The molecule has 0 aromatic carbocycles. The van der Waals surface area contributed by atoms with Crippen LogP contribution in [0.4, 0.5) is 0 Å². The van der Waals surface area contributed by atoms with Gasteiger partial charge in [0.25, 0.3) is 0 Å². The molecule has 0 bridgehead atoms. The maximum Gasteiger partial charge on any atom is 0.0363 e. The number of hydrogen-bond acceptors (Lipinski definition) is 2. The Morgan fingerprint density at radius 2 is 2.40 bits per heavy atom. The Balaban J connectivity index is 2.11. The second-order valence-electron chi connectivity index (χ2n) is 4.33. The molecular weight excluding hydrogens is 184 g/mol. The van der Waals surface area contributed by atoms with E-state index >= 15 is 0 Å². The van der Waals surface area contributed by atoms with Gasteiger partial charge in [0.05, 0.1) is 0 Å². The first-order valence-electron chi connectivity index (χ1n) is 6.06. The molecule has 0 unspecified atom stereocenters. The fraction of sp³-hybridized carbons (Fsp3) is 0.615. The summed E-state index contributed by atoms with van der Waals surface area (Å²) < 4.78 is 0. The molecule has 2 rings (SSSR count). The first kappa shape index (κ1) is 10.6. The second-order valence-corrected chi connectivity index (χ2v) is 4.33. The van der Waals surface area contributed by atoms with Crippen molar-refractivity contribution in [2.24, 2.45) is 0 Å². The molecule has 0 radical (unpaired) electrons. The molecule has 1 fully saturated rings. The molecule has 0 saturated carbocycles. The first-order chi connectivity index (χ1) is 7.42. The summed E-state index contributed by atoms with van der Waals surface area (Å²) in [6.45, 7) is 4.74. The van der Waals surface area contributed by atoms with Gasteiger partial charge in [0, 0.05) is 18.4 Å². The minimum atomic E-state index is 0.618. The summed E-state index contributed by atoms with van der Waals surface area (Å²) in [6.07, 6.45) is 9.15. The van der Waals surface area contributed by atoms with Crippen LogP contribution in [-0.2, 0) is 0 Å². The molecule has 1 aromatic rings. The number of pyridine rings is 1. The molecule has 2 heterocycles. The molecule has 1 aliphatic heterocycles. The van der Waals surface area contributed by atoms with Gasteiger partial charge in [0.15, 0.2) is 0 Å². The summed E-state index contributed by atoms with van der Waals surface area (Å²) in [7, 11) is 0. The average Bonchev–Trinajstić information content (AvgIpc) is 2.31. The number of piperidine rings is 1. The zero-order valence-electron chi connectivity index (χ0n) is 9.52. The smallest absolute Gasteiger partial charge is 0.0363 e. The van der Waals surface area contributed by atoms with Gasteiger partial charge >= 0.3 is 0 Å². The lowest BCUT2D eigenvalue weighted by atomic mass is 9.96. The van der Waals surface area contributed by atoms with Crippen LogP contribution in [0, 0.1) is 0 Å². The third-order valence-electron chi connectivity index (χ3n) is 3.19.